The van der Waals surface area contributed by atoms with Crippen LogP contribution in [0.1, 0.15) is 51.4 Å². The number of esters is 1. The highest BCUT2D eigenvalue weighted by Crippen LogP contribution is 2.08. The topological polar surface area (TPSA) is 52.3 Å². The molecule has 0 saturated heterocycles. The Morgan fingerprint density at radius 2 is 1.50 bits per heavy atom. The summed E-state index contributed by atoms with van der Waals surface area (Å²) in [7, 11) is 1.44. The molecule has 0 aromatic rings. The van der Waals surface area contributed by atoms with Crippen molar-refractivity contribution in [2.24, 2.45) is 5.73 Å². The Morgan fingerprint density at radius 3 is 2.00 bits per heavy atom. The van der Waals surface area contributed by atoms with E-state index in [1.165, 1.54) is 32.8 Å². The van der Waals surface area contributed by atoms with Gasteiger partial charge in [0.05, 0.1) is 7.11 Å². The number of hydrogen-bond donors (Lipinski definition) is 1. The molecule has 0 atom stereocenters. The van der Waals surface area contributed by atoms with Crippen molar-refractivity contribution in [1.82, 2.24) is 0 Å². The summed E-state index contributed by atoms with van der Waals surface area (Å²) in [5.41, 5.74) is 5.39. The van der Waals surface area contributed by atoms with E-state index in [4.69, 9.17) is 5.73 Å². The van der Waals surface area contributed by atoms with Crippen LogP contribution in [0.4, 0.5) is 0 Å². The number of methoxy groups -OCH3 is 1. The first-order valence-electron chi connectivity index (χ1n) is 5.58. The van der Waals surface area contributed by atoms with Crippen LogP contribution in [0.15, 0.2) is 0 Å². The molecule has 0 bridgehead atoms. The summed E-state index contributed by atoms with van der Waals surface area (Å²) >= 11 is 0. The van der Waals surface area contributed by atoms with Gasteiger partial charge < -0.3 is 10.5 Å². The van der Waals surface area contributed by atoms with Gasteiger partial charge in [-0.25, -0.2) is 0 Å². The Kier molecular flexibility index (Phi) is 10.1. The molecule has 0 rings (SSSR count). The maximum atomic E-state index is 10.7. The van der Waals surface area contributed by atoms with Gasteiger partial charge in [0.15, 0.2) is 0 Å². The molecule has 0 aromatic heterocycles. The molecule has 0 spiro atoms. The van der Waals surface area contributed by atoms with E-state index in [0.29, 0.717) is 6.42 Å². The number of carbonyl (C=O) groups excluding carboxylic acids is 1. The van der Waals surface area contributed by atoms with E-state index in [-0.39, 0.29) is 5.97 Å². The average molecular weight is 201 g/mol. The number of hydrogen-bond acceptors (Lipinski definition) is 3. The van der Waals surface area contributed by atoms with Crippen LogP contribution in [0, 0.1) is 0 Å². The highest BCUT2D eigenvalue weighted by Gasteiger charge is 1.98. The van der Waals surface area contributed by atoms with E-state index in [2.05, 4.69) is 4.74 Å². The van der Waals surface area contributed by atoms with Crippen LogP contribution >= 0.6 is 0 Å². The standard InChI is InChI=1S/C11H23NO2/c1-14-11(13)9-7-5-3-2-4-6-8-10-12/h2-10,12H2,1H3. The lowest BCUT2D eigenvalue weighted by atomic mass is 10.1. The molecule has 0 aliphatic carbocycles. The summed E-state index contributed by atoms with van der Waals surface area (Å²) < 4.78 is 4.56. The summed E-state index contributed by atoms with van der Waals surface area (Å²) in [5, 5.41) is 0. The van der Waals surface area contributed by atoms with Gasteiger partial charge >= 0.3 is 5.97 Å². The summed E-state index contributed by atoms with van der Waals surface area (Å²) in [6, 6.07) is 0. The molecule has 0 amide bonds. The molecular formula is C11H23NO2. The minimum absolute atomic E-state index is 0.0897. The summed E-state index contributed by atoms with van der Waals surface area (Å²) in [5.74, 6) is -0.0897. The van der Waals surface area contributed by atoms with E-state index >= 15 is 0 Å². The van der Waals surface area contributed by atoms with Crippen LogP contribution in [-0.2, 0) is 9.53 Å². The van der Waals surface area contributed by atoms with Gasteiger partial charge in [0.2, 0.25) is 0 Å². The molecule has 0 unspecified atom stereocenters. The molecule has 3 heteroatoms. The van der Waals surface area contributed by atoms with Gasteiger partial charge in [-0.1, -0.05) is 32.1 Å². The van der Waals surface area contributed by atoms with Gasteiger partial charge in [-0.05, 0) is 19.4 Å². The van der Waals surface area contributed by atoms with Crippen LogP contribution in [0.5, 0.6) is 0 Å². The van der Waals surface area contributed by atoms with Crippen LogP contribution in [0.3, 0.4) is 0 Å². The van der Waals surface area contributed by atoms with Gasteiger partial charge in [0.25, 0.3) is 0 Å². The molecule has 0 aliphatic rings. The molecule has 0 aliphatic heterocycles. The molecular weight excluding hydrogens is 178 g/mol. The molecule has 14 heavy (non-hydrogen) atoms. The quantitative estimate of drug-likeness (QED) is 0.460. The Labute approximate surface area is 87.0 Å². The molecule has 0 radical (unpaired) electrons. The molecule has 84 valence electrons. The van der Waals surface area contributed by atoms with Gasteiger partial charge in [-0.3, -0.25) is 4.79 Å². The summed E-state index contributed by atoms with van der Waals surface area (Å²) in [6.07, 6.45) is 8.81. The van der Waals surface area contributed by atoms with Crippen LogP contribution < -0.4 is 5.73 Å². The monoisotopic (exact) mass is 201 g/mol. The third-order valence-electron chi connectivity index (χ3n) is 2.31. The fraction of sp³-hybridized carbons (Fsp3) is 0.909. The Balaban J connectivity index is 2.95. The second-order valence-electron chi connectivity index (χ2n) is 3.59. The predicted molar refractivity (Wildman–Crippen MR) is 58.0 cm³/mol. The molecule has 0 fully saturated rings. The van der Waals surface area contributed by atoms with Crippen molar-refractivity contribution < 1.29 is 9.53 Å². The first-order valence-corrected chi connectivity index (χ1v) is 5.58. The Hall–Kier alpha value is -0.570. The molecule has 0 aromatic carbocycles. The number of unbranched alkanes of at least 4 members (excludes halogenated alkanes) is 6. The van der Waals surface area contributed by atoms with Gasteiger partial charge in [-0.15, -0.1) is 0 Å². The molecule has 0 saturated carbocycles. The second-order valence-corrected chi connectivity index (χ2v) is 3.59. The SMILES string of the molecule is COC(=O)CCCCCCCCCN. The van der Waals surface area contributed by atoms with E-state index in [9.17, 15) is 4.79 Å². The Bertz CT molecular complexity index is 137. The zero-order valence-corrected chi connectivity index (χ0v) is 9.26. The maximum absolute atomic E-state index is 10.7. The first kappa shape index (κ1) is 13.4. The van der Waals surface area contributed by atoms with Crippen LogP contribution in [0.25, 0.3) is 0 Å². The maximum Gasteiger partial charge on any atom is 0.305 e. The van der Waals surface area contributed by atoms with Crippen molar-refractivity contribution in [3.8, 4) is 0 Å². The normalized spacial score (nSPS) is 10.1. The average Bonchev–Trinajstić information content (AvgIpc) is 2.21. The zero-order chi connectivity index (χ0) is 10.6. The number of carbonyl (C=O) groups is 1. The van der Waals surface area contributed by atoms with Crippen molar-refractivity contribution >= 4 is 5.97 Å². The number of rotatable bonds is 9. The number of nitrogens with two attached hydrogens (primary N) is 1. The molecule has 0 heterocycles. The smallest absolute Gasteiger partial charge is 0.305 e. The molecule has 2 N–H and O–H groups in total. The third kappa shape index (κ3) is 9.52. The fourth-order valence-electron chi connectivity index (χ4n) is 1.40. The van der Waals surface area contributed by atoms with E-state index in [1.54, 1.807) is 0 Å². The van der Waals surface area contributed by atoms with Crippen molar-refractivity contribution in [2.45, 2.75) is 51.4 Å². The van der Waals surface area contributed by atoms with E-state index in [0.717, 1.165) is 25.8 Å². The minimum Gasteiger partial charge on any atom is -0.469 e. The van der Waals surface area contributed by atoms with Crippen molar-refractivity contribution in [3.05, 3.63) is 0 Å². The lowest BCUT2D eigenvalue weighted by Gasteiger charge is -2.00. The number of ether oxygens (including phenoxy) is 1. The van der Waals surface area contributed by atoms with Crippen LogP contribution in [-0.4, -0.2) is 19.6 Å². The summed E-state index contributed by atoms with van der Waals surface area (Å²) in [6.45, 7) is 0.808. The second kappa shape index (κ2) is 10.5. The van der Waals surface area contributed by atoms with Gasteiger partial charge in [0, 0.05) is 6.42 Å². The largest absolute Gasteiger partial charge is 0.469 e. The fourth-order valence-corrected chi connectivity index (χ4v) is 1.40. The Morgan fingerprint density at radius 1 is 1.00 bits per heavy atom. The van der Waals surface area contributed by atoms with E-state index in [1.807, 2.05) is 0 Å². The van der Waals surface area contributed by atoms with Crippen molar-refractivity contribution in [3.63, 3.8) is 0 Å². The lowest BCUT2D eigenvalue weighted by molar-refractivity contribution is -0.140. The predicted octanol–water partition coefficient (Wildman–Crippen LogP) is 2.24. The highest BCUT2D eigenvalue weighted by molar-refractivity contribution is 5.68. The van der Waals surface area contributed by atoms with Crippen molar-refractivity contribution in [2.75, 3.05) is 13.7 Å². The van der Waals surface area contributed by atoms with Crippen LogP contribution in [0.2, 0.25) is 0 Å². The van der Waals surface area contributed by atoms with Gasteiger partial charge in [0.1, 0.15) is 0 Å². The summed E-state index contributed by atoms with van der Waals surface area (Å²) in [4.78, 5) is 10.7. The third-order valence-corrected chi connectivity index (χ3v) is 2.31. The van der Waals surface area contributed by atoms with Gasteiger partial charge in [-0.2, -0.15) is 0 Å². The minimum atomic E-state index is -0.0897. The van der Waals surface area contributed by atoms with Crippen molar-refractivity contribution in [1.29, 1.82) is 0 Å². The molecule has 3 nitrogen and oxygen atoms in total. The highest BCUT2D eigenvalue weighted by atomic mass is 16.5. The first-order chi connectivity index (χ1) is 6.81. The van der Waals surface area contributed by atoms with E-state index < -0.39 is 0 Å². The zero-order valence-electron chi connectivity index (χ0n) is 9.26. The lowest BCUT2D eigenvalue weighted by Crippen LogP contribution is -1.99.